The Hall–Kier alpha value is -5.53. The lowest BCUT2D eigenvalue weighted by molar-refractivity contribution is -0.258. The molecule has 12 heteroatoms. The fourth-order valence-electron chi connectivity index (χ4n) is 12.3. The van der Waals surface area contributed by atoms with Crippen LogP contribution in [0, 0.1) is 23.7 Å². The molecule has 0 radical (unpaired) electrons. The first-order valence-corrected chi connectivity index (χ1v) is 26.5. The molecule has 2 saturated carbocycles. The van der Waals surface area contributed by atoms with Crippen LogP contribution in [-0.4, -0.2) is 77.4 Å². The van der Waals surface area contributed by atoms with E-state index in [1.54, 1.807) is 12.1 Å². The number of carbonyl (C=O) groups excluding carboxylic acids is 2. The molecular formula is C59H73N3O9. The number of ether oxygens (including phenoxy) is 4. The number of allylic oxidation sites excluding steroid dienone is 1. The molecule has 2 heterocycles. The average molecular weight is 968 g/mol. The maximum atomic E-state index is 15.6. The fourth-order valence-corrected chi connectivity index (χ4v) is 12.3. The van der Waals surface area contributed by atoms with E-state index in [9.17, 15) is 15.0 Å². The van der Waals surface area contributed by atoms with Crippen molar-refractivity contribution in [3.05, 3.63) is 132 Å². The molecule has 3 N–H and O–H groups in total. The summed E-state index contributed by atoms with van der Waals surface area (Å²) < 4.78 is 27.0. The van der Waals surface area contributed by atoms with Gasteiger partial charge in [-0.2, -0.15) is 0 Å². The van der Waals surface area contributed by atoms with E-state index in [1.807, 2.05) is 59.5 Å². The van der Waals surface area contributed by atoms with Crippen LogP contribution in [0.25, 0.3) is 10.8 Å². The normalized spacial score (nSPS) is 25.4. The van der Waals surface area contributed by atoms with E-state index in [-0.39, 0.29) is 49.9 Å². The molecule has 7 unspecified atom stereocenters. The number of hydrogen-bond donors (Lipinski definition) is 3. The number of unbranched alkanes of at least 4 members (excludes halogenated alkanes) is 2. The summed E-state index contributed by atoms with van der Waals surface area (Å²) in [5.74, 6) is -0.705. The Morgan fingerprint density at radius 2 is 1.65 bits per heavy atom. The first-order chi connectivity index (χ1) is 34.9. The predicted molar refractivity (Wildman–Crippen MR) is 275 cm³/mol. The van der Waals surface area contributed by atoms with Crippen molar-refractivity contribution in [3.8, 4) is 11.5 Å². The highest BCUT2D eigenvalue weighted by atomic mass is 16.8. The number of fused-ring (bicyclic) bond motifs is 3. The standard InChI is InChI=1S/C59H73N3O9/c1-2-34-68-59-53(62(54(65)31-28-41-17-6-7-18-41)40-45-24-16-23-43-21-8-9-25-47(43)45)38-51(61-71-55-27-12-15-35-67-55)49-36-44(22-10-13-32-63)48(26-11-14-33-64)56(57(49)59)50-37-46(29-30-52(50)70-59)69-58(66)60-39-42-19-4-3-5-20-42/h2-5,8-9,16,19-21,23-25,29-30,36-37,41,44,48,53,55-57,63-64H,1,6-7,10-15,17-18,22,26-28,31-35,38-40H2,(H,60,66). The molecule has 0 spiro atoms. The summed E-state index contributed by atoms with van der Waals surface area (Å²) in [4.78, 5) is 37.5. The van der Waals surface area contributed by atoms with E-state index < -0.39 is 30.1 Å². The van der Waals surface area contributed by atoms with Crippen molar-refractivity contribution in [2.45, 2.75) is 140 Å². The van der Waals surface area contributed by atoms with Crippen molar-refractivity contribution < 1.29 is 43.6 Å². The van der Waals surface area contributed by atoms with Crippen molar-refractivity contribution in [2.75, 3.05) is 26.4 Å². The maximum Gasteiger partial charge on any atom is 0.412 e. The summed E-state index contributed by atoms with van der Waals surface area (Å²) in [6, 6.07) is 29.2. The Kier molecular flexibility index (Phi) is 17.2. The number of hydrogen-bond acceptors (Lipinski definition) is 10. The average Bonchev–Trinajstić information content (AvgIpc) is 3.93. The Morgan fingerprint density at radius 1 is 0.873 bits per heavy atom. The number of amides is 2. The molecule has 12 nitrogen and oxygen atoms in total. The Labute approximate surface area is 419 Å². The molecule has 2 aliphatic heterocycles. The fraction of sp³-hybridized carbons (Fsp3) is 0.508. The van der Waals surface area contributed by atoms with Gasteiger partial charge in [-0.15, -0.1) is 6.58 Å². The molecule has 1 saturated heterocycles. The summed E-state index contributed by atoms with van der Waals surface area (Å²) >= 11 is 0. The van der Waals surface area contributed by atoms with E-state index in [4.69, 9.17) is 28.9 Å². The zero-order valence-electron chi connectivity index (χ0n) is 41.3. The number of carbonyl (C=O) groups is 2. The monoisotopic (exact) mass is 968 g/mol. The molecule has 0 bridgehead atoms. The highest BCUT2D eigenvalue weighted by molar-refractivity contribution is 6.03. The number of nitrogens with one attached hydrogen (secondary N) is 1. The van der Waals surface area contributed by atoms with Gasteiger partial charge >= 0.3 is 6.09 Å². The first kappa shape index (κ1) is 50.4. The maximum absolute atomic E-state index is 15.6. The van der Waals surface area contributed by atoms with Crippen molar-refractivity contribution in [3.63, 3.8) is 0 Å². The summed E-state index contributed by atoms with van der Waals surface area (Å²) in [7, 11) is 0. The SMILES string of the molecule is C=CCOC12Oc3ccc(OC(=O)NCc4ccccc4)cc3C3C(CCCCO)C(CCCCO)C=C(C(=NOC4CCCCO4)CC1N(Cc1cccc4ccccc14)C(=O)CCC1CCCC1)C32. The largest absolute Gasteiger partial charge is 0.459 e. The molecule has 2 amide bonds. The third-order valence-corrected chi connectivity index (χ3v) is 15.7. The van der Waals surface area contributed by atoms with Gasteiger partial charge in [0.25, 0.3) is 0 Å². The second-order valence-corrected chi connectivity index (χ2v) is 20.3. The smallest absolute Gasteiger partial charge is 0.412 e. The van der Waals surface area contributed by atoms with Gasteiger partial charge in [-0.3, -0.25) is 4.79 Å². The van der Waals surface area contributed by atoms with Gasteiger partial charge in [0, 0.05) is 57.0 Å². The van der Waals surface area contributed by atoms with Gasteiger partial charge in [-0.25, -0.2) is 4.79 Å². The van der Waals surface area contributed by atoms with Crippen LogP contribution in [0.15, 0.2) is 120 Å². The van der Waals surface area contributed by atoms with Gasteiger partial charge in [0.1, 0.15) is 17.5 Å². The number of aliphatic hydroxyl groups is 2. The van der Waals surface area contributed by atoms with Gasteiger partial charge in [-0.05, 0) is 108 Å². The van der Waals surface area contributed by atoms with Gasteiger partial charge in [0.2, 0.25) is 18.0 Å². The molecule has 7 atom stereocenters. The molecule has 378 valence electrons. The van der Waals surface area contributed by atoms with E-state index in [2.05, 4.69) is 48.3 Å². The van der Waals surface area contributed by atoms with E-state index in [1.165, 1.54) is 12.8 Å². The first-order valence-electron chi connectivity index (χ1n) is 26.5. The van der Waals surface area contributed by atoms with E-state index in [0.717, 1.165) is 103 Å². The van der Waals surface area contributed by atoms with Crippen molar-refractivity contribution in [1.29, 1.82) is 0 Å². The van der Waals surface area contributed by atoms with Gasteiger partial charge in [-0.1, -0.05) is 129 Å². The van der Waals surface area contributed by atoms with Gasteiger partial charge < -0.3 is 44.2 Å². The lowest BCUT2D eigenvalue weighted by atomic mass is 9.55. The van der Waals surface area contributed by atoms with Crippen LogP contribution in [0.4, 0.5) is 4.79 Å². The third kappa shape index (κ3) is 11.7. The van der Waals surface area contributed by atoms with Crippen LogP contribution in [0.2, 0.25) is 0 Å². The molecule has 9 rings (SSSR count). The van der Waals surface area contributed by atoms with Gasteiger partial charge in [0.05, 0.1) is 24.8 Å². The van der Waals surface area contributed by atoms with Crippen LogP contribution in [0.5, 0.6) is 11.5 Å². The highest BCUT2D eigenvalue weighted by Crippen LogP contribution is 2.62. The number of rotatable bonds is 22. The minimum Gasteiger partial charge on any atom is -0.459 e. The van der Waals surface area contributed by atoms with Crippen LogP contribution in [-0.2, 0) is 32.2 Å². The molecule has 4 aromatic rings. The Bertz CT molecular complexity index is 2480. The number of benzene rings is 4. The van der Waals surface area contributed by atoms with Crippen LogP contribution < -0.4 is 14.8 Å². The predicted octanol–water partition coefficient (Wildman–Crippen LogP) is 11.3. The molecular weight excluding hydrogens is 895 g/mol. The summed E-state index contributed by atoms with van der Waals surface area (Å²) in [5, 5.41) is 30.4. The summed E-state index contributed by atoms with van der Waals surface area (Å²) in [5.41, 5.74) is 4.52. The van der Waals surface area contributed by atoms with Crippen molar-refractivity contribution >= 4 is 28.5 Å². The van der Waals surface area contributed by atoms with E-state index in [0.29, 0.717) is 56.4 Å². The van der Waals surface area contributed by atoms with Crippen molar-refractivity contribution in [1.82, 2.24) is 10.2 Å². The number of nitrogens with zero attached hydrogens (tertiary/aromatic N) is 2. The second-order valence-electron chi connectivity index (χ2n) is 20.3. The summed E-state index contributed by atoms with van der Waals surface area (Å²) in [6.45, 7) is 5.67. The highest BCUT2D eigenvalue weighted by Gasteiger charge is 2.65. The molecule has 71 heavy (non-hydrogen) atoms. The number of aliphatic hydroxyl groups excluding tert-OH is 2. The molecule has 4 aromatic carbocycles. The Balaban J connectivity index is 1.21. The van der Waals surface area contributed by atoms with Crippen LogP contribution >= 0.6 is 0 Å². The second kappa shape index (κ2) is 24.3. The molecule has 5 aliphatic rings. The van der Waals surface area contributed by atoms with Crippen molar-refractivity contribution in [2.24, 2.45) is 28.8 Å². The summed E-state index contributed by atoms with van der Waals surface area (Å²) in [6.07, 6.45) is 16.3. The quantitative estimate of drug-likeness (QED) is 0.0398. The van der Waals surface area contributed by atoms with E-state index >= 15 is 4.79 Å². The molecule has 3 aliphatic carbocycles. The van der Waals surface area contributed by atoms with Crippen LogP contribution in [0.1, 0.15) is 125 Å². The number of oxime groups is 1. The lowest BCUT2D eigenvalue weighted by Crippen LogP contribution is -2.70. The molecule has 0 aromatic heterocycles. The Morgan fingerprint density at radius 3 is 2.44 bits per heavy atom. The molecule has 3 fully saturated rings. The zero-order chi connectivity index (χ0) is 49.0. The van der Waals surface area contributed by atoms with Crippen LogP contribution in [0.3, 0.4) is 0 Å². The topological polar surface area (TPSA) is 148 Å². The minimum atomic E-state index is -1.44. The lowest BCUT2D eigenvalue weighted by Gasteiger charge is -2.60. The van der Waals surface area contributed by atoms with Gasteiger partial charge in [0.15, 0.2) is 0 Å². The minimum absolute atomic E-state index is 0.00214. The zero-order valence-corrected chi connectivity index (χ0v) is 41.3. The third-order valence-electron chi connectivity index (χ3n) is 15.7.